The van der Waals surface area contributed by atoms with Crippen LogP contribution in [0.25, 0.3) is 0 Å². The summed E-state index contributed by atoms with van der Waals surface area (Å²) in [5.41, 5.74) is 11.9. The summed E-state index contributed by atoms with van der Waals surface area (Å²) in [5, 5.41) is 0. The summed E-state index contributed by atoms with van der Waals surface area (Å²) in [4.78, 5) is 17.8. The first-order valence-electron chi connectivity index (χ1n) is 6.09. The molecule has 2 bridgehead atoms. The number of amides is 1. The third-order valence-electron chi connectivity index (χ3n) is 3.50. The number of carbonyl (C=O) groups is 1. The highest BCUT2D eigenvalue weighted by Gasteiger charge is 2.35. The number of nitrogen functional groups attached to an aromatic ring is 1. The van der Waals surface area contributed by atoms with E-state index in [2.05, 4.69) is 9.88 Å². The van der Waals surface area contributed by atoms with Gasteiger partial charge in [0.25, 0.3) is 5.91 Å². The molecular formula is C12H16N4O2. The minimum absolute atomic E-state index is 0.240. The zero-order valence-corrected chi connectivity index (χ0v) is 10.0. The summed E-state index contributed by atoms with van der Waals surface area (Å²) in [6.07, 6.45) is 4.18. The predicted octanol–water partition coefficient (Wildman–Crippen LogP) is 0.130. The maximum atomic E-state index is 11.5. The fourth-order valence-electron chi connectivity index (χ4n) is 2.69. The Morgan fingerprint density at radius 1 is 1.39 bits per heavy atom. The highest BCUT2D eigenvalue weighted by molar-refractivity contribution is 5.98. The maximum absolute atomic E-state index is 11.5. The van der Waals surface area contributed by atoms with E-state index in [9.17, 15) is 4.79 Å². The first-order valence-corrected chi connectivity index (χ1v) is 6.09. The van der Waals surface area contributed by atoms with Gasteiger partial charge in [-0.05, 0) is 18.9 Å². The number of rotatable bonds is 2. The topological polar surface area (TPSA) is 94.5 Å². The van der Waals surface area contributed by atoms with Crippen molar-refractivity contribution in [1.29, 1.82) is 0 Å². The van der Waals surface area contributed by atoms with Crippen molar-refractivity contribution in [2.45, 2.75) is 25.0 Å². The van der Waals surface area contributed by atoms with Gasteiger partial charge in [0.2, 0.25) is 0 Å². The molecule has 18 heavy (non-hydrogen) atoms. The van der Waals surface area contributed by atoms with E-state index in [1.807, 2.05) is 0 Å². The molecule has 2 atom stereocenters. The van der Waals surface area contributed by atoms with Crippen LogP contribution in [0.3, 0.4) is 0 Å². The van der Waals surface area contributed by atoms with Gasteiger partial charge in [-0.3, -0.25) is 4.79 Å². The van der Waals surface area contributed by atoms with Crippen molar-refractivity contribution in [2.24, 2.45) is 5.73 Å². The van der Waals surface area contributed by atoms with Gasteiger partial charge in [-0.2, -0.15) is 0 Å². The molecule has 3 heterocycles. The SMILES string of the molecule is NC(=O)c1cc(N)cnc1N1CC2CCC(C1)O2. The molecule has 2 aliphatic rings. The van der Waals surface area contributed by atoms with Crippen molar-refractivity contribution >= 4 is 17.4 Å². The van der Waals surface area contributed by atoms with Crippen LogP contribution in [-0.2, 0) is 4.74 Å². The Labute approximate surface area is 105 Å². The average Bonchev–Trinajstić information content (AvgIpc) is 2.68. The van der Waals surface area contributed by atoms with Gasteiger partial charge >= 0.3 is 0 Å². The first-order chi connectivity index (χ1) is 8.63. The van der Waals surface area contributed by atoms with Gasteiger partial charge in [0.15, 0.2) is 0 Å². The lowest BCUT2D eigenvalue weighted by molar-refractivity contribution is 0.0301. The summed E-state index contributed by atoms with van der Waals surface area (Å²) >= 11 is 0. The number of morpholine rings is 1. The maximum Gasteiger partial charge on any atom is 0.252 e. The molecule has 6 nitrogen and oxygen atoms in total. The van der Waals surface area contributed by atoms with E-state index in [1.54, 1.807) is 12.3 Å². The van der Waals surface area contributed by atoms with Crippen LogP contribution in [0.15, 0.2) is 12.3 Å². The van der Waals surface area contributed by atoms with E-state index in [4.69, 9.17) is 16.2 Å². The molecule has 0 saturated carbocycles. The number of hydrogen-bond donors (Lipinski definition) is 2. The van der Waals surface area contributed by atoms with Crippen LogP contribution in [0.1, 0.15) is 23.2 Å². The van der Waals surface area contributed by atoms with Crippen LogP contribution in [0.4, 0.5) is 11.5 Å². The zero-order valence-electron chi connectivity index (χ0n) is 10.0. The lowest BCUT2D eigenvalue weighted by Gasteiger charge is -2.33. The van der Waals surface area contributed by atoms with E-state index in [0.29, 0.717) is 17.1 Å². The van der Waals surface area contributed by atoms with E-state index in [0.717, 1.165) is 25.9 Å². The van der Waals surface area contributed by atoms with Gasteiger partial charge in [-0.25, -0.2) is 4.98 Å². The Bertz CT molecular complexity index is 479. The monoisotopic (exact) mass is 248 g/mol. The fourth-order valence-corrected chi connectivity index (χ4v) is 2.69. The number of nitrogens with two attached hydrogens (primary N) is 2. The van der Waals surface area contributed by atoms with E-state index >= 15 is 0 Å². The summed E-state index contributed by atoms with van der Waals surface area (Å²) in [7, 11) is 0. The van der Waals surface area contributed by atoms with E-state index in [-0.39, 0.29) is 12.2 Å². The number of hydrogen-bond acceptors (Lipinski definition) is 5. The largest absolute Gasteiger partial charge is 0.397 e. The summed E-state index contributed by atoms with van der Waals surface area (Å²) in [5.74, 6) is 0.125. The van der Waals surface area contributed by atoms with Gasteiger partial charge in [0, 0.05) is 13.1 Å². The zero-order chi connectivity index (χ0) is 12.7. The second-order valence-electron chi connectivity index (χ2n) is 4.87. The third-order valence-corrected chi connectivity index (χ3v) is 3.50. The molecule has 2 fully saturated rings. The molecule has 3 rings (SSSR count). The van der Waals surface area contributed by atoms with Gasteiger partial charge in [0.1, 0.15) is 5.82 Å². The van der Waals surface area contributed by atoms with Crippen molar-refractivity contribution in [3.63, 3.8) is 0 Å². The van der Waals surface area contributed by atoms with Crippen molar-refractivity contribution < 1.29 is 9.53 Å². The normalized spacial score (nSPS) is 26.3. The van der Waals surface area contributed by atoms with Crippen LogP contribution in [-0.4, -0.2) is 36.2 Å². The number of primary amides is 1. The quantitative estimate of drug-likeness (QED) is 0.775. The van der Waals surface area contributed by atoms with Gasteiger partial charge in [-0.15, -0.1) is 0 Å². The molecule has 6 heteroatoms. The Balaban J connectivity index is 1.94. The smallest absolute Gasteiger partial charge is 0.252 e. The molecule has 1 aromatic heterocycles. The lowest BCUT2D eigenvalue weighted by Crippen LogP contribution is -2.43. The van der Waals surface area contributed by atoms with Crippen LogP contribution in [0.5, 0.6) is 0 Å². The van der Waals surface area contributed by atoms with Crippen LogP contribution >= 0.6 is 0 Å². The highest BCUT2D eigenvalue weighted by Crippen LogP contribution is 2.30. The Morgan fingerprint density at radius 3 is 2.67 bits per heavy atom. The molecule has 2 unspecified atom stereocenters. The Kier molecular flexibility index (Phi) is 2.59. The number of pyridine rings is 1. The number of carbonyl (C=O) groups excluding carboxylic acids is 1. The molecule has 4 N–H and O–H groups in total. The molecule has 0 aliphatic carbocycles. The second-order valence-corrected chi connectivity index (χ2v) is 4.87. The van der Waals surface area contributed by atoms with Gasteiger partial charge in [-0.1, -0.05) is 0 Å². The Morgan fingerprint density at radius 2 is 2.06 bits per heavy atom. The number of nitrogens with zero attached hydrogens (tertiary/aromatic N) is 2. The minimum atomic E-state index is -0.497. The summed E-state index contributed by atoms with van der Waals surface area (Å²) in [6, 6.07) is 1.59. The Hall–Kier alpha value is -1.82. The van der Waals surface area contributed by atoms with Gasteiger partial charge in [0.05, 0.1) is 29.7 Å². The number of anilines is 2. The second kappa shape index (κ2) is 4.13. The molecule has 0 radical (unpaired) electrons. The number of ether oxygens (including phenoxy) is 1. The molecule has 0 aromatic carbocycles. The molecule has 2 aliphatic heterocycles. The van der Waals surface area contributed by atoms with E-state index < -0.39 is 5.91 Å². The third kappa shape index (κ3) is 1.88. The van der Waals surface area contributed by atoms with Crippen LogP contribution < -0.4 is 16.4 Å². The molecule has 96 valence electrons. The first kappa shape index (κ1) is 11.3. The standard InChI is InChI=1S/C12H16N4O2/c13-7-3-10(11(14)17)12(15-4-7)16-5-8-1-2-9(6-16)18-8/h3-4,8-9H,1-2,5-6,13H2,(H2,14,17). The van der Waals surface area contributed by atoms with Crippen molar-refractivity contribution in [2.75, 3.05) is 23.7 Å². The van der Waals surface area contributed by atoms with Crippen LogP contribution in [0.2, 0.25) is 0 Å². The molecule has 1 amide bonds. The molecular weight excluding hydrogens is 232 g/mol. The molecule has 2 saturated heterocycles. The number of aromatic nitrogens is 1. The fraction of sp³-hybridized carbons (Fsp3) is 0.500. The molecule has 0 spiro atoms. The summed E-state index contributed by atoms with van der Waals surface area (Å²) in [6.45, 7) is 1.52. The van der Waals surface area contributed by atoms with Crippen molar-refractivity contribution in [3.8, 4) is 0 Å². The molecule has 1 aromatic rings. The highest BCUT2D eigenvalue weighted by atomic mass is 16.5. The lowest BCUT2D eigenvalue weighted by atomic mass is 10.2. The van der Waals surface area contributed by atoms with Gasteiger partial charge < -0.3 is 21.1 Å². The summed E-state index contributed by atoms with van der Waals surface area (Å²) < 4.78 is 5.76. The number of fused-ring (bicyclic) bond motifs is 2. The minimum Gasteiger partial charge on any atom is -0.397 e. The average molecular weight is 248 g/mol. The van der Waals surface area contributed by atoms with Crippen molar-refractivity contribution in [1.82, 2.24) is 4.98 Å². The van der Waals surface area contributed by atoms with Crippen LogP contribution in [0, 0.1) is 0 Å². The van der Waals surface area contributed by atoms with Crippen molar-refractivity contribution in [3.05, 3.63) is 17.8 Å². The van der Waals surface area contributed by atoms with E-state index in [1.165, 1.54) is 0 Å². The predicted molar refractivity (Wildman–Crippen MR) is 67.3 cm³/mol.